The molecule has 3 aromatic carbocycles. The molecule has 8 nitrogen and oxygen atoms in total. The number of aryl methyl sites for hydroxylation is 1. The van der Waals surface area contributed by atoms with Crippen molar-refractivity contribution in [1.29, 1.82) is 0 Å². The van der Waals surface area contributed by atoms with Crippen LogP contribution in [0.2, 0.25) is 0 Å². The highest BCUT2D eigenvalue weighted by Gasteiger charge is 2.24. The molecule has 0 aliphatic heterocycles. The number of hydrogen-bond donors (Lipinski definition) is 1. The highest BCUT2D eigenvalue weighted by Crippen LogP contribution is 2.31. The summed E-state index contributed by atoms with van der Waals surface area (Å²) in [5.74, 6) is 0.0949. The number of amides is 1. The maximum atomic E-state index is 14.4. The molecular weight excluding hydrogens is 569 g/mol. The molecule has 0 spiro atoms. The molecule has 0 unspecified atom stereocenters. The minimum absolute atomic E-state index is 0.0949. The number of nitrogens with zero attached hydrogens (tertiary/aromatic N) is 2. The first-order chi connectivity index (χ1) is 18.4. The zero-order valence-corrected chi connectivity index (χ0v) is 23.9. The van der Waals surface area contributed by atoms with Gasteiger partial charge in [-0.3, -0.25) is 4.79 Å². The van der Waals surface area contributed by atoms with Gasteiger partial charge in [0.2, 0.25) is 0 Å². The van der Waals surface area contributed by atoms with E-state index < -0.39 is 17.5 Å². The van der Waals surface area contributed by atoms with Crippen molar-refractivity contribution >= 4 is 39.0 Å². The summed E-state index contributed by atoms with van der Waals surface area (Å²) in [4.78, 5) is 30.0. The molecule has 4 rings (SSSR count). The van der Waals surface area contributed by atoms with Crippen molar-refractivity contribution in [3.05, 3.63) is 87.4 Å². The normalized spacial score (nSPS) is 11.4. The minimum Gasteiger partial charge on any atom is -0.485 e. The van der Waals surface area contributed by atoms with E-state index in [1.165, 1.54) is 23.7 Å². The summed E-state index contributed by atoms with van der Waals surface area (Å²) in [5.41, 5.74) is 2.13. The molecule has 1 N–H and O–H groups in total. The summed E-state index contributed by atoms with van der Waals surface area (Å²) >= 11 is 3.24. The summed E-state index contributed by atoms with van der Waals surface area (Å²) in [6.07, 6.45) is -0.577. The van der Waals surface area contributed by atoms with Crippen molar-refractivity contribution in [1.82, 2.24) is 14.9 Å². The molecule has 0 atom stereocenters. The molecule has 0 saturated heterocycles. The first kappa shape index (κ1) is 28.1. The zero-order chi connectivity index (χ0) is 28.3. The van der Waals surface area contributed by atoms with Crippen molar-refractivity contribution < 1.29 is 28.2 Å². The second-order valence-corrected chi connectivity index (χ2v) is 10.8. The molecule has 0 saturated carbocycles. The van der Waals surface area contributed by atoms with E-state index in [0.717, 1.165) is 5.56 Å². The van der Waals surface area contributed by atoms with E-state index in [0.29, 0.717) is 38.2 Å². The van der Waals surface area contributed by atoms with Crippen molar-refractivity contribution in [2.24, 2.45) is 0 Å². The molecule has 1 aromatic heterocycles. The number of carbonyl (C=O) groups is 2. The molecule has 0 aliphatic rings. The third-order valence-electron chi connectivity index (χ3n) is 5.64. The number of rotatable bonds is 7. The Morgan fingerprint density at radius 2 is 1.74 bits per heavy atom. The molecule has 0 bridgehead atoms. The Morgan fingerprint density at radius 1 is 1.00 bits per heavy atom. The predicted molar refractivity (Wildman–Crippen MR) is 149 cm³/mol. The van der Waals surface area contributed by atoms with Gasteiger partial charge in [-0.05, 0) is 75.7 Å². The Hall–Kier alpha value is -3.92. The minimum atomic E-state index is -0.714. The van der Waals surface area contributed by atoms with Crippen molar-refractivity contribution in [3.8, 4) is 11.5 Å². The van der Waals surface area contributed by atoms with Crippen molar-refractivity contribution in [2.75, 3.05) is 7.05 Å². The summed E-state index contributed by atoms with van der Waals surface area (Å²) in [5, 5.41) is 2.57. The van der Waals surface area contributed by atoms with E-state index >= 15 is 0 Å². The number of imidazole rings is 1. The van der Waals surface area contributed by atoms with Gasteiger partial charge >= 0.3 is 6.09 Å². The van der Waals surface area contributed by atoms with Gasteiger partial charge < -0.3 is 19.5 Å². The lowest BCUT2D eigenvalue weighted by Crippen LogP contribution is -2.28. The number of hydrogen-bond acceptors (Lipinski definition) is 6. The lowest BCUT2D eigenvalue weighted by atomic mass is 10.2. The van der Waals surface area contributed by atoms with Crippen LogP contribution in [-0.4, -0.2) is 34.2 Å². The fourth-order valence-electron chi connectivity index (χ4n) is 3.81. The maximum Gasteiger partial charge on any atom is 0.420 e. The molecule has 1 heterocycles. The van der Waals surface area contributed by atoms with Gasteiger partial charge in [0, 0.05) is 22.6 Å². The highest BCUT2D eigenvalue weighted by atomic mass is 79.9. The molecule has 39 heavy (non-hydrogen) atoms. The quantitative estimate of drug-likeness (QED) is 0.260. The fourth-order valence-corrected chi connectivity index (χ4v) is 4.14. The maximum absolute atomic E-state index is 14.4. The van der Waals surface area contributed by atoms with Crippen molar-refractivity contribution in [3.63, 3.8) is 0 Å². The lowest BCUT2D eigenvalue weighted by molar-refractivity contribution is 0.0533. The summed E-state index contributed by atoms with van der Waals surface area (Å²) in [6.45, 7) is 7.09. The largest absolute Gasteiger partial charge is 0.485 e. The highest BCUT2D eigenvalue weighted by molar-refractivity contribution is 9.10. The predicted octanol–water partition coefficient (Wildman–Crippen LogP) is 6.55. The lowest BCUT2D eigenvalue weighted by Gasteiger charge is -2.20. The second-order valence-electron chi connectivity index (χ2n) is 9.89. The van der Waals surface area contributed by atoms with Gasteiger partial charge in [0.05, 0.1) is 11.0 Å². The average molecular weight is 598 g/mol. The molecule has 0 aliphatic carbocycles. The molecule has 0 fully saturated rings. The molecule has 0 radical (unpaired) electrons. The second kappa shape index (κ2) is 11.4. The Bertz CT molecular complexity index is 1540. The summed E-state index contributed by atoms with van der Waals surface area (Å²) < 4.78 is 34.0. The number of fused-ring (bicyclic) bond motifs is 1. The van der Waals surface area contributed by atoms with Crippen LogP contribution in [0.5, 0.6) is 11.5 Å². The number of halogens is 2. The molecule has 204 valence electrons. The third-order valence-corrected chi connectivity index (χ3v) is 6.14. The van der Waals surface area contributed by atoms with Gasteiger partial charge in [-0.25, -0.2) is 18.7 Å². The van der Waals surface area contributed by atoms with Gasteiger partial charge in [-0.15, -0.1) is 0 Å². The van der Waals surface area contributed by atoms with Crippen LogP contribution in [0.25, 0.3) is 11.0 Å². The Labute approximate surface area is 234 Å². The van der Waals surface area contributed by atoms with Crippen LogP contribution in [0.1, 0.15) is 48.1 Å². The third kappa shape index (κ3) is 6.75. The summed E-state index contributed by atoms with van der Waals surface area (Å²) in [6, 6.07) is 14.9. The monoisotopic (exact) mass is 597 g/mol. The smallest absolute Gasteiger partial charge is 0.420 e. The number of aromatic nitrogens is 2. The van der Waals surface area contributed by atoms with E-state index in [1.54, 1.807) is 45.0 Å². The molecule has 1 amide bonds. The van der Waals surface area contributed by atoms with Gasteiger partial charge in [-0.2, -0.15) is 0 Å². The van der Waals surface area contributed by atoms with Crippen LogP contribution < -0.4 is 14.8 Å². The Morgan fingerprint density at radius 3 is 2.44 bits per heavy atom. The topological polar surface area (TPSA) is 91.7 Å². The standard InChI is InChI=1S/C29H29BrFN3O5/c1-17-6-10-22-23(12-17)34(28(36)39-29(2,3)4)26(33-22)16-38-24-11-8-18(27(35)32-5)13-25(24)37-15-19-7-9-20(30)14-21(19)31/h6-14H,15-16H2,1-5H3,(H,32,35). The molecule has 4 aromatic rings. The number of nitrogens with one attached hydrogen (secondary N) is 1. The first-order valence-corrected chi connectivity index (χ1v) is 13.0. The van der Waals surface area contributed by atoms with Gasteiger partial charge in [0.15, 0.2) is 17.3 Å². The van der Waals surface area contributed by atoms with Gasteiger partial charge in [0.1, 0.15) is 24.6 Å². The SMILES string of the molecule is CNC(=O)c1ccc(OCc2nc3ccc(C)cc3n2C(=O)OC(C)(C)C)c(OCc2ccc(Br)cc2F)c1. The fraction of sp³-hybridized carbons (Fsp3) is 0.276. The number of carbonyl (C=O) groups excluding carboxylic acids is 2. The van der Waals surface area contributed by atoms with Gasteiger partial charge in [-0.1, -0.05) is 28.1 Å². The van der Waals surface area contributed by atoms with E-state index in [1.807, 2.05) is 25.1 Å². The average Bonchev–Trinajstić information content (AvgIpc) is 3.23. The number of ether oxygens (including phenoxy) is 3. The van der Waals surface area contributed by atoms with Crippen LogP contribution in [-0.2, 0) is 18.0 Å². The van der Waals surface area contributed by atoms with Gasteiger partial charge in [0.25, 0.3) is 5.91 Å². The van der Waals surface area contributed by atoms with Crippen molar-refractivity contribution in [2.45, 2.75) is 46.5 Å². The van der Waals surface area contributed by atoms with E-state index in [9.17, 15) is 14.0 Å². The van der Waals surface area contributed by atoms with E-state index in [4.69, 9.17) is 14.2 Å². The number of benzene rings is 3. The van der Waals surface area contributed by atoms with Crippen LogP contribution in [0, 0.1) is 12.7 Å². The zero-order valence-electron chi connectivity index (χ0n) is 22.3. The van der Waals surface area contributed by atoms with Crippen LogP contribution in [0.15, 0.2) is 59.1 Å². The molecular formula is C29H29BrFN3O5. The summed E-state index contributed by atoms with van der Waals surface area (Å²) in [7, 11) is 1.52. The van der Waals surface area contributed by atoms with Crippen LogP contribution in [0.3, 0.4) is 0 Å². The molecule has 10 heteroatoms. The Kier molecular flexibility index (Phi) is 8.25. The first-order valence-electron chi connectivity index (χ1n) is 12.2. The van der Waals surface area contributed by atoms with Crippen LogP contribution in [0.4, 0.5) is 9.18 Å². The van der Waals surface area contributed by atoms with E-state index in [-0.39, 0.29) is 24.9 Å². The van der Waals surface area contributed by atoms with Crippen LogP contribution >= 0.6 is 15.9 Å². The van der Waals surface area contributed by atoms with E-state index in [2.05, 4.69) is 26.2 Å². The Balaban J connectivity index is 1.66.